The first-order chi connectivity index (χ1) is 10.0. The number of nitrogens with zero attached hydrogens (tertiary/aromatic N) is 1. The predicted octanol–water partition coefficient (Wildman–Crippen LogP) is 2.41. The normalized spacial score (nSPS) is 20.4. The lowest BCUT2D eigenvalue weighted by molar-refractivity contribution is 0.248. The monoisotopic (exact) mass is 423 g/mol. The highest BCUT2D eigenvalue weighted by atomic mass is 127. The summed E-state index contributed by atoms with van der Waals surface area (Å²) in [6.45, 7) is 4.19. The van der Waals surface area contributed by atoms with Crippen LogP contribution in [0, 0.1) is 3.57 Å². The quantitative estimate of drug-likeness (QED) is 0.691. The molecule has 0 spiro atoms. The van der Waals surface area contributed by atoms with E-state index < -0.39 is 10.2 Å². The topological polar surface area (TPSA) is 61.4 Å². The number of likely N-dealkylation sites (N-methyl/N-ethyl adjacent to an activating group) is 1. The molecule has 7 heteroatoms. The van der Waals surface area contributed by atoms with Crippen LogP contribution in [-0.4, -0.2) is 38.4 Å². The van der Waals surface area contributed by atoms with Gasteiger partial charge >= 0.3 is 10.2 Å². The lowest BCUT2D eigenvalue weighted by Gasteiger charge is -2.34. The summed E-state index contributed by atoms with van der Waals surface area (Å²) >= 11 is 2.20. The maximum Gasteiger partial charge on any atom is 0.301 e. The number of halogens is 1. The molecule has 5 nitrogen and oxygen atoms in total. The van der Waals surface area contributed by atoms with Gasteiger partial charge in [0.15, 0.2) is 0 Å². The third-order valence-electron chi connectivity index (χ3n) is 3.60. The minimum atomic E-state index is -3.49. The van der Waals surface area contributed by atoms with Gasteiger partial charge in [-0.2, -0.15) is 12.7 Å². The molecule has 2 rings (SSSR count). The molecule has 1 fully saturated rings. The third-order valence-corrected chi connectivity index (χ3v) is 5.91. The molecule has 2 N–H and O–H groups in total. The summed E-state index contributed by atoms with van der Waals surface area (Å²) in [6, 6.07) is 7.42. The van der Waals surface area contributed by atoms with Crippen molar-refractivity contribution in [3.63, 3.8) is 0 Å². The van der Waals surface area contributed by atoms with E-state index in [4.69, 9.17) is 0 Å². The Bertz CT molecular complexity index is 548. The van der Waals surface area contributed by atoms with E-state index in [-0.39, 0.29) is 6.04 Å². The van der Waals surface area contributed by atoms with E-state index in [9.17, 15) is 8.42 Å². The molecule has 0 saturated carbocycles. The van der Waals surface area contributed by atoms with Gasteiger partial charge in [-0.3, -0.25) is 4.72 Å². The van der Waals surface area contributed by atoms with Crippen molar-refractivity contribution in [1.82, 2.24) is 9.62 Å². The zero-order valence-electron chi connectivity index (χ0n) is 12.2. The lowest BCUT2D eigenvalue weighted by Crippen LogP contribution is -2.50. The highest BCUT2D eigenvalue weighted by molar-refractivity contribution is 14.1. The van der Waals surface area contributed by atoms with E-state index in [1.807, 2.05) is 19.1 Å². The summed E-state index contributed by atoms with van der Waals surface area (Å²) in [7, 11) is -3.49. The Morgan fingerprint density at radius 1 is 1.29 bits per heavy atom. The molecule has 0 aromatic heterocycles. The molecule has 0 aliphatic carbocycles. The minimum absolute atomic E-state index is 0.0417. The molecule has 0 amide bonds. The fourth-order valence-electron chi connectivity index (χ4n) is 2.53. The van der Waals surface area contributed by atoms with Crippen molar-refractivity contribution in [3.8, 4) is 0 Å². The van der Waals surface area contributed by atoms with Crippen LogP contribution in [0.2, 0.25) is 0 Å². The van der Waals surface area contributed by atoms with Crippen molar-refractivity contribution in [1.29, 1.82) is 0 Å². The molecular weight excluding hydrogens is 401 g/mol. The molecule has 1 atom stereocenters. The van der Waals surface area contributed by atoms with Crippen molar-refractivity contribution in [3.05, 3.63) is 27.8 Å². The Morgan fingerprint density at radius 3 is 2.67 bits per heavy atom. The zero-order valence-corrected chi connectivity index (χ0v) is 15.2. The van der Waals surface area contributed by atoms with Crippen LogP contribution < -0.4 is 10.0 Å². The van der Waals surface area contributed by atoms with Crippen LogP contribution >= 0.6 is 22.6 Å². The number of nitrogens with one attached hydrogen (secondary N) is 2. The Balaban J connectivity index is 2.10. The second-order valence-electron chi connectivity index (χ2n) is 5.18. The van der Waals surface area contributed by atoms with E-state index in [1.54, 1.807) is 16.4 Å². The molecule has 118 valence electrons. The third kappa shape index (κ3) is 4.80. The van der Waals surface area contributed by atoms with Gasteiger partial charge in [0.25, 0.3) is 0 Å². The van der Waals surface area contributed by atoms with E-state index in [0.717, 1.165) is 29.4 Å². The lowest BCUT2D eigenvalue weighted by atomic mass is 10.1. The SMILES string of the molecule is CCNCC1CCCCN1S(=O)(=O)Nc1ccc(I)cc1. The second kappa shape index (κ2) is 7.75. The van der Waals surface area contributed by atoms with Gasteiger partial charge < -0.3 is 5.32 Å². The van der Waals surface area contributed by atoms with Crippen LogP contribution in [0.4, 0.5) is 5.69 Å². The van der Waals surface area contributed by atoms with E-state index in [2.05, 4.69) is 32.6 Å². The molecule has 0 bridgehead atoms. The highest BCUT2D eigenvalue weighted by Gasteiger charge is 2.31. The van der Waals surface area contributed by atoms with Gasteiger partial charge in [-0.15, -0.1) is 0 Å². The maximum absolute atomic E-state index is 12.6. The Morgan fingerprint density at radius 2 is 2.00 bits per heavy atom. The molecule has 0 radical (unpaired) electrons. The number of hydrogen-bond acceptors (Lipinski definition) is 3. The van der Waals surface area contributed by atoms with E-state index in [1.165, 1.54) is 0 Å². The summed E-state index contributed by atoms with van der Waals surface area (Å²) in [4.78, 5) is 0. The van der Waals surface area contributed by atoms with E-state index in [0.29, 0.717) is 18.8 Å². The molecule has 21 heavy (non-hydrogen) atoms. The fourth-order valence-corrected chi connectivity index (χ4v) is 4.38. The van der Waals surface area contributed by atoms with Crippen LogP contribution in [0.5, 0.6) is 0 Å². The van der Waals surface area contributed by atoms with Crippen LogP contribution in [0.3, 0.4) is 0 Å². The van der Waals surface area contributed by atoms with E-state index >= 15 is 0 Å². The summed E-state index contributed by atoms with van der Waals surface area (Å²) in [5, 5.41) is 3.26. The van der Waals surface area contributed by atoms with Crippen molar-refractivity contribution < 1.29 is 8.42 Å². The van der Waals surface area contributed by atoms with Gasteiger partial charge in [0.05, 0.1) is 0 Å². The second-order valence-corrected chi connectivity index (χ2v) is 8.05. The molecule has 1 aliphatic rings. The van der Waals surface area contributed by atoms with Crippen molar-refractivity contribution in [2.24, 2.45) is 0 Å². The number of benzene rings is 1. The standard InChI is InChI=1S/C14H22IN3O2S/c1-2-16-11-14-5-3-4-10-18(14)21(19,20)17-13-8-6-12(15)7-9-13/h6-9,14,16-17H,2-5,10-11H2,1H3. The summed E-state index contributed by atoms with van der Waals surface area (Å²) in [5.74, 6) is 0. The summed E-state index contributed by atoms with van der Waals surface area (Å²) in [6.07, 6.45) is 2.93. The largest absolute Gasteiger partial charge is 0.315 e. The Kier molecular flexibility index (Phi) is 6.27. The molecule has 1 heterocycles. The first-order valence-electron chi connectivity index (χ1n) is 7.29. The number of hydrogen-bond donors (Lipinski definition) is 2. The maximum atomic E-state index is 12.6. The first kappa shape index (κ1) is 17.0. The fraction of sp³-hybridized carbons (Fsp3) is 0.571. The Hall–Kier alpha value is -0.380. The average molecular weight is 423 g/mol. The van der Waals surface area contributed by atoms with Crippen LogP contribution in [-0.2, 0) is 10.2 Å². The predicted molar refractivity (Wildman–Crippen MR) is 94.6 cm³/mol. The van der Waals surface area contributed by atoms with Crippen molar-refractivity contribution in [2.75, 3.05) is 24.4 Å². The van der Waals surface area contributed by atoms with Crippen LogP contribution in [0.1, 0.15) is 26.2 Å². The van der Waals surface area contributed by atoms with Gasteiger partial charge in [0.1, 0.15) is 0 Å². The molecular formula is C14H22IN3O2S. The number of rotatable bonds is 6. The van der Waals surface area contributed by atoms with Gasteiger partial charge in [0, 0.05) is 28.4 Å². The molecule has 1 aliphatic heterocycles. The number of piperidine rings is 1. The highest BCUT2D eigenvalue weighted by Crippen LogP contribution is 2.22. The van der Waals surface area contributed by atoms with Gasteiger partial charge in [-0.25, -0.2) is 0 Å². The average Bonchev–Trinajstić information content (AvgIpc) is 2.47. The Labute approximate surface area is 140 Å². The molecule has 1 saturated heterocycles. The molecule has 1 aromatic carbocycles. The van der Waals surface area contributed by atoms with Crippen LogP contribution in [0.15, 0.2) is 24.3 Å². The van der Waals surface area contributed by atoms with Crippen molar-refractivity contribution >= 4 is 38.5 Å². The van der Waals surface area contributed by atoms with Crippen LogP contribution in [0.25, 0.3) is 0 Å². The minimum Gasteiger partial charge on any atom is -0.315 e. The smallest absolute Gasteiger partial charge is 0.301 e. The van der Waals surface area contributed by atoms with Gasteiger partial charge in [-0.1, -0.05) is 13.3 Å². The molecule has 1 aromatic rings. The number of anilines is 1. The van der Waals surface area contributed by atoms with Gasteiger partial charge in [-0.05, 0) is 66.2 Å². The van der Waals surface area contributed by atoms with Crippen molar-refractivity contribution in [2.45, 2.75) is 32.2 Å². The first-order valence-corrected chi connectivity index (χ1v) is 9.80. The summed E-state index contributed by atoms with van der Waals surface area (Å²) < 4.78 is 30.6. The summed E-state index contributed by atoms with van der Waals surface area (Å²) in [5.41, 5.74) is 0.614. The zero-order chi connectivity index (χ0) is 15.3. The van der Waals surface area contributed by atoms with Gasteiger partial charge in [0.2, 0.25) is 0 Å². The molecule has 1 unspecified atom stereocenters.